The van der Waals surface area contributed by atoms with Crippen LogP contribution in [0, 0.1) is 6.92 Å². The molecule has 0 spiro atoms. The lowest BCUT2D eigenvalue weighted by molar-refractivity contribution is -0.142. The summed E-state index contributed by atoms with van der Waals surface area (Å²) in [6.45, 7) is 0.992. The lowest BCUT2D eigenvalue weighted by Gasteiger charge is -2.08. The van der Waals surface area contributed by atoms with Crippen molar-refractivity contribution in [3.05, 3.63) is 17.5 Å². The maximum Gasteiger partial charge on any atom is 0.408 e. The first-order valence-electron chi connectivity index (χ1n) is 4.22. The average molecular weight is 207 g/mol. The van der Waals surface area contributed by atoms with Crippen molar-refractivity contribution < 1.29 is 13.2 Å². The van der Waals surface area contributed by atoms with E-state index in [-0.39, 0.29) is 0 Å². The van der Waals surface area contributed by atoms with Gasteiger partial charge in [0.05, 0.1) is 6.20 Å². The Labute approximate surface area is 79.7 Å². The lowest BCUT2D eigenvalue weighted by atomic mass is 10.2. The van der Waals surface area contributed by atoms with Crippen LogP contribution in [0.15, 0.2) is 6.20 Å². The quantitative estimate of drug-likeness (QED) is 0.810. The number of hydrogen-bond donors (Lipinski definition) is 1. The molecule has 0 atom stereocenters. The van der Waals surface area contributed by atoms with Gasteiger partial charge in [0.2, 0.25) is 0 Å². The molecule has 3 nitrogen and oxygen atoms in total. The summed E-state index contributed by atoms with van der Waals surface area (Å²) in [5.41, 5.74) is 6.62. The normalized spacial score (nSPS) is 12.1. The van der Waals surface area contributed by atoms with Crippen molar-refractivity contribution in [3.63, 3.8) is 0 Å². The summed E-state index contributed by atoms with van der Waals surface area (Å²) >= 11 is 0. The molecule has 1 rings (SSSR count). The monoisotopic (exact) mass is 207 g/mol. The molecule has 0 fully saturated rings. The minimum atomic E-state index is -4.23. The molecule has 0 aliphatic rings. The smallest absolute Gasteiger partial charge is 0.330 e. The summed E-state index contributed by atoms with van der Waals surface area (Å²) in [6.07, 6.45) is -2.23. The van der Waals surface area contributed by atoms with Gasteiger partial charge in [0.25, 0.3) is 0 Å². The second kappa shape index (κ2) is 4.00. The highest BCUT2D eigenvalue weighted by molar-refractivity contribution is 5.16. The Morgan fingerprint density at radius 1 is 1.50 bits per heavy atom. The third-order valence-electron chi connectivity index (χ3n) is 1.95. The fourth-order valence-corrected chi connectivity index (χ4v) is 1.22. The third kappa shape index (κ3) is 2.73. The molecular formula is C8H12F3N3. The molecule has 0 saturated carbocycles. The predicted octanol–water partition coefficient (Wildman–Crippen LogP) is 1.26. The van der Waals surface area contributed by atoms with E-state index in [0.717, 1.165) is 10.2 Å². The second-order valence-corrected chi connectivity index (χ2v) is 3.07. The Balaban J connectivity index is 2.79. The molecule has 2 N–H and O–H groups in total. The molecule has 0 bridgehead atoms. The minimum Gasteiger partial charge on any atom is -0.330 e. The summed E-state index contributed by atoms with van der Waals surface area (Å²) < 4.78 is 37.0. The van der Waals surface area contributed by atoms with Crippen LogP contribution in [-0.2, 0) is 13.0 Å². The topological polar surface area (TPSA) is 43.8 Å². The summed E-state index contributed by atoms with van der Waals surface area (Å²) in [5, 5.41) is 3.66. The molecule has 6 heteroatoms. The SMILES string of the molecule is Cc1c(CCN)cnn1CC(F)(F)F. The van der Waals surface area contributed by atoms with E-state index < -0.39 is 12.7 Å². The Kier molecular flexibility index (Phi) is 3.15. The molecule has 0 amide bonds. The van der Waals surface area contributed by atoms with E-state index in [1.807, 2.05) is 0 Å². The van der Waals surface area contributed by atoms with Crippen LogP contribution in [0.4, 0.5) is 13.2 Å². The number of nitrogens with zero attached hydrogens (tertiary/aromatic N) is 2. The summed E-state index contributed by atoms with van der Waals surface area (Å²) in [4.78, 5) is 0. The number of aromatic nitrogens is 2. The number of nitrogens with two attached hydrogens (primary N) is 1. The van der Waals surface area contributed by atoms with Crippen LogP contribution in [0.2, 0.25) is 0 Å². The molecule has 0 unspecified atom stereocenters. The van der Waals surface area contributed by atoms with E-state index in [4.69, 9.17) is 5.73 Å². The van der Waals surface area contributed by atoms with Crippen LogP contribution < -0.4 is 5.73 Å². The molecule has 14 heavy (non-hydrogen) atoms. The largest absolute Gasteiger partial charge is 0.408 e. The number of hydrogen-bond acceptors (Lipinski definition) is 2. The Morgan fingerprint density at radius 2 is 2.14 bits per heavy atom. The Bertz CT molecular complexity index is 303. The van der Waals surface area contributed by atoms with Gasteiger partial charge in [-0.15, -0.1) is 0 Å². The highest BCUT2D eigenvalue weighted by Crippen LogP contribution is 2.19. The molecule has 80 valence electrons. The van der Waals surface area contributed by atoms with Crippen molar-refractivity contribution in [2.45, 2.75) is 26.1 Å². The zero-order valence-corrected chi connectivity index (χ0v) is 7.80. The van der Waals surface area contributed by atoms with E-state index >= 15 is 0 Å². The van der Waals surface area contributed by atoms with Crippen molar-refractivity contribution in [1.82, 2.24) is 9.78 Å². The van der Waals surface area contributed by atoms with Crippen molar-refractivity contribution in [1.29, 1.82) is 0 Å². The Morgan fingerprint density at radius 3 is 2.64 bits per heavy atom. The van der Waals surface area contributed by atoms with Gasteiger partial charge in [-0.25, -0.2) is 0 Å². The molecular weight excluding hydrogens is 195 g/mol. The summed E-state index contributed by atoms with van der Waals surface area (Å²) in [6, 6.07) is 0. The van der Waals surface area contributed by atoms with Crippen LogP contribution in [0.5, 0.6) is 0 Å². The minimum absolute atomic E-state index is 0.415. The highest BCUT2D eigenvalue weighted by atomic mass is 19.4. The zero-order valence-electron chi connectivity index (χ0n) is 7.80. The third-order valence-corrected chi connectivity index (χ3v) is 1.95. The van der Waals surface area contributed by atoms with Crippen LogP contribution in [0.1, 0.15) is 11.3 Å². The summed E-state index contributed by atoms with van der Waals surface area (Å²) in [5.74, 6) is 0. The number of rotatable bonds is 3. The van der Waals surface area contributed by atoms with Crippen LogP contribution in [-0.4, -0.2) is 22.5 Å². The van der Waals surface area contributed by atoms with Gasteiger partial charge in [-0.3, -0.25) is 4.68 Å². The van der Waals surface area contributed by atoms with Gasteiger partial charge in [-0.1, -0.05) is 0 Å². The first-order valence-corrected chi connectivity index (χ1v) is 4.22. The van der Waals surface area contributed by atoms with Gasteiger partial charge in [0, 0.05) is 5.69 Å². The van der Waals surface area contributed by atoms with Crippen molar-refractivity contribution in [2.24, 2.45) is 5.73 Å². The van der Waals surface area contributed by atoms with E-state index in [2.05, 4.69) is 5.10 Å². The van der Waals surface area contributed by atoms with Gasteiger partial charge in [0.15, 0.2) is 0 Å². The van der Waals surface area contributed by atoms with E-state index in [1.54, 1.807) is 6.92 Å². The fourth-order valence-electron chi connectivity index (χ4n) is 1.22. The molecule has 1 aromatic heterocycles. The van der Waals surface area contributed by atoms with E-state index in [1.165, 1.54) is 6.20 Å². The maximum atomic E-state index is 12.0. The zero-order chi connectivity index (χ0) is 10.8. The van der Waals surface area contributed by atoms with Crippen LogP contribution in [0.25, 0.3) is 0 Å². The van der Waals surface area contributed by atoms with Crippen LogP contribution >= 0.6 is 0 Å². The molecule has 0 radical (unpaired) electrons. The van der Waals surface area contributed by atoms with E-state index in [0.29, 0.717) is 18.7 Å². The van der Waals surface area contributed by atoms with Crippen molar-refractivity contribution in [2.75, 3.05) is 6.54 Å². The number of halogens is 3. The molecule has 0 aliphatic heterocycles. The first-order chi connectivity index (χ1) is 6.44. The molecule has 0 aliphatic carbocycles. The average Bonchev–Trinajstić information content (AvgIpc) is 2.34. The first kappa shape index (κ1) is 11.0. The van der Waals surface area contributed by atoms with Crippen molar-refractivity contribution in [3.8, 4) is 0 Å². The van der Waals surface area contributed by atoms with Gasteiger partial charge in [0.1, 0.15) is 6.54 Å². The fraction of sp³-hybridized carbons (Fsp3) is 0.625. The van der Waals surface area contributed by atoms with Gasteiger partial charge in [-0.2, -0.15) is 18.3 Å². The highest BCUT2D eigenvalue weighted by Gasteiger charge is 2.29. The van der Waals surface area contributed by atoms with E-state index in [9.17, 15) is 13.2 Å². The lowest BCUT2D eigenvalue weighted by Crippen LogP contribution is -2.19. The second-order valence-electron chi connectivity index (χ2n) is 3.07. The van der Waals surface area contributed by atoms with Gasteiger partial charge in [-0.05, 0) is 25.5 Å². The number of alkyl halides is 3. The van der Waals surface area contributed by atoms with Gasteiger partial charge >= 0.3 is 6.18 Å². The van der Waals surface area contributed by atoms with Crippen molar-refractivity contribution >= 4 is 0 Å². The maximum absolute atomic E-state index is 12.0. The molecule has 0 saturated heterocycles. The molecule has 0 aromatic carbocycles. The predicted molar refractivity (Wildman–Crippen MR) is 45.8 cm³/mol. The van der Waals surface area contributed by atoms with Crippen LogP contribution in [0.3, 0.4) is 0 Å². The standard InChI is InChI=1S/C8H12F3N3/c1-6-7(2-3-12)4-13-14(6)5-8(9,10)11/h4H,2-3,5,12H2,1H3. The summed E-state index contributed by atoms with van der Waals surface area (Å²) in [7, 11) is 0. The van der Waals surface area contributed by atoms with Gasteiger partial charge < -0.3 is 5.73 Å². The molecule has 1 aromatic rings. The molecule has 1 heterocycles. The Hall–Kier alpha value is -1.04.